The topological polar surface area (TPSA) is 179 Å². The van der Waals surface area contributed by atoms with Crippen molar-refractivity contribution in [1.29, 1.82) is 0 Å². The fourth-order valence-corrected chi connectivity index (χ4v) is 10.5. The summed E-state index contributed by atoms with van der Waals surface area (Å²) < 4.78 is 35.1. The number of benzene rings is 3. The zero-order valence-electron chi connectivity index (χ0n) is 36.0. The van der Waals surface area contributed by atoms with Gasteiger partial charge in [-0.1, -0.05) is 13.0 Å². The van der Waals surface area contributed by atoms with Gasteiger partial charge in [-0.2, -0.15) is 4.98 Å². The van der Waals surface area contributed by atoms with Gasteiger partial charge in [0.1, 0.15) is 30.0 Å². The predicted molar refractivity (Wildman–Crippen MR) is 251 cm³/mol. The van der Waals surface area contributed by atoms with E-state index in [1.807, 2.05) is 18.2 Å². The summed E-state index contributed by atoms with van der Waals surface area (Å²) in [5, 5.41) is 17.0. The highest BCUT2D eigenvalue weighted by atomic mass is 79.9. The number of piperidine rings is 2. The van der Waals surface area contributed by atoms with E-state index in [4.69, 9.17) is 9.72 Å². The highest BCUT2D eigenvalue weighted by molar-refractivity contribution is 9.10. The standard InChI is InChI=1S/C45H54BrFN11O4P/c1-5-28-20-37(54-45-52-24-33(46)43(56-45)53-36-10-9-35-41(51-17-16-50-35)42(36)63(3,4)61)39(62-2)22-38(28)57-18-12-29(13-19-57)49-15-14-48-23-27-25-58(26-27)30-6-7-31(34(47)21-30)32-8-11-40(59)55-44(32)60/h6-7,9-10,16-17,20-22,24,27,29,32,48-49H,5,8,11-15,18-19,23,25-26H2,1-4H3,(H,55,59,60)(H2,52,53,54,56). The smallest absolute Gasteiger partial charge is 0.234 e. The van der Waals surface area contributed by atoms with E-state index in [1.54, 1.807) is 45.1 Å². The maximum absolute atomic E-state index is 15.0. The van der Waals surface area contributed by atoms with E-state index < -0.39 is 24.8 Å². The molecule has 0 aliphatic carbocycles. The molecule has 0 radical (unpaired) electrons. The van der Waals surface area contributed by atoms with Crippen LogP contribution in [0.3, 0.4) is 0 Å². The molecule has 5 N–H and O–H groups in total. The average Bonchev–Trinajstić information content (AvgIpc) is 3.25. The van der Waals surface area contributed by atoms with Crippen LogP contribution in [0.2, 0.25) is 0 Å². The van der Waals surface area contributed by atoms with Crippen molar-refractivity contribution in [3.8, 4) is 5.75 Å². The monoisotopic (exact) mass is 941 g/mol. The number of hydrogen-bond donors (Lipinski definition) is 5. The SMILES string of the molecule is CCc1cc(Nc2ncc(Br)c(Nc3ccc4nccnc4c3P(C)(C)=O)n2)c(OC)cc1N1CCC(NCCNCC2CN(c3ccc(C4CCC(=O)NC4=O)c(F)c3)C2)CC1. The van der Waals surface area contributed by atoms with Gasteiger partial charge in [-0.25, -0.2) is 9.37 Å². The molecule has 8 rings (SSSR count). The third kappa shape index (κ3) is 10.1. The van der Waals surface area contributed by atoms with Crippen LogP contribution in [0.15, 0.2) is 65.5 Å². The predicted octanol–water partition coefficient (Wildman–Crippen LogP) is 6.43. The van der Waals surface area contributed by atoms with Crippen molar-refractivity contribution < 1.29 is 23.3 Å². The number of fused-ring (bicyclic) bond motifs is 1. The number of amides is 2. The quantitative estimate of drug-likeness (QED) is 0.0415. The number of ether oxygens (including phenoxy) is 1. The molecule has 15 nitrogen and oxygen atoms in total. The Bertz CT molecular complexity index is 2550. The molecule has 2 amide bonds. The number of nitrogens with zero attached hydrogens (tertiary/aromatic N) is 6. The van der Waals surface area contributed by atoms with Gasteiger partial charge in [0.15, 0.2) is 0 Å². The van der Waals surface area contributed by atoms with Gasteiger partial charge < -0.3 is 40.4 Å². The largest absolute Gasteiger partial charge is 0.494 e. The average molecular weight is 943 g/mol. The maximum Gasteiger partial charge on any atom is 0.234 e. The normalized spacial score (nSPS) is 17.5. The molecular formula is C45H54BrFN11O4P. The van der Waals surface area contributed by atoms with Crippen LogP contribution in [0.25, 0.3) is 11.0 Å². The van der Waals surface area contributed by atoms with E-state index in [0.29, 0.717) is 68.0 Å². The van der Waals surface area contributed by atoms with Crippen LogP contribution in [-0.2, 0) is 20.6 Å². The Hall–Kier alpha value is -5.22. The maximum atomic E-state index is 15.0. The Balaban J connectivity index is 0.805. The van der Waals surface area contributed by atoms with Crippen LogP contribution in [0.4, 0.5) is 38.9 Å². The lowest BCUT2D eigenvalue weighted by Crippen LogP contribution is -2.51. The molecule has 0 spiro atoms. The number of anilines is 6. The molecule has 3 aliphatic heterocycles. The first kappa shape index (κ1) is 44.4. The van der Waals surface area contributed by atoms with Crippen LogP contribution in [0.5, 0.6) is 5.75 Å². The van der Waals surface area contributed by atoms with E-state index >= 15 is 4.39 Å². The summed E-state index contributed by atoms with van der Waals surface area (Å²) in [5.41, 5.74) is 6.19. The fraction of sp³-hybridized carbons (Fsp3) is 0.422. The molecule has 332 valence electrons. The lowest BCUT2D eigenvalue weighted by Gasteiger charge is -2.41. The van der Waals surface area contributed by atoms with Crippen molar-refractivity contribution in [3.05, 3.63) is 82.5 Å². The van der Waals surface area contributed by atoms with E-state index in [9.17, 15) is 14.2 Å². The molecule has 3 aromatic carbocycles. The summed E-state index contributed by atoms with van der Waals surface area (Å²) in [6, 6.07) is 13.4. The first-order valence-corrected chi connectivity index (χ1v) is 24.9. The second kappa shape index (κ2) is 19.3. The molecule has 3 fully saturated rings. The minimum Gasteiger partial charge on any atom is -0.494 e. The number of nitrogens with one attached hydrogen (secondary N) is 5. The minimum absolute atomic E-state index is 0.226. The lowest BCUT2D eigenvalue weighted by molar-refractivity contribution is -0.134. The minimum atomic E-state index is -2.77. The number of carbonyl (C=O) groups excluding carboxylic acids is 2. The summed E-state index contributed by atoms with van der Waals surface area (Å²) in [6.07, 6.45) is 8.36. The van der Waals surface area contributed by atoms with Gasteiger partial charge in [0.25, 0.3) is 0 Å². The molecule has 63 heavy (non-hydrogen) atoms. The Morgan fingerprint density at radius 2 is 1.75 bits per heavy atom. The lowest BCUT2D eigenvalue weighted by atomic mass is 9.89. The Morgan fingerprint density at radius 3 is 2.48 bits per heavy atom. The highest BCUT2D eigenvalue weighted by Gasteiger charge is 2.32. The number of rotatable bonds is 16. The molecular weight excluding hydrogens is 888 g/mol. The first-order valence-electron chi connectivity index (χ1n) is 21.5. The number of imide groups is 1. The van der Waals surface area contributed by atoms with Crippen molar-refractivity contribution in [1.82, 2.24) is 35.9 Å². The summed E-state index contributed by atoms with van der Waals surface area (Å²) in [6.45, 7) is 11.8. The summed E-state index contributed by atoms with van der Waals surface area (Å²) in [4.78, 5) is 46.6. The van der Waals surface area contributed by atoms with Crippen LogP contribution in [0, 0.1) is 11.7 Å². The zero-order chi connectivity index (χ0) is 44.3. The molecule has 3 aliphatic rings. The van der Waals surface area contributed by atoms with Crippen LogP contribution in [0.1, 0.15) is 49.7 Å². The third-order valence-electron chi connectivity index (χ3n) is 12.1. The second-order valence-corrected chi connectivity index (χ2v) is 20.8. The Morgan fingerprint density at radius 1 is 0.952 bits per heavy atom. The van der Waals surface area contributed by atoms with Crippen molar-refractivity contribution in [2.24, 2.45) is 5.92 Å². The molecule has 1 unspecified atom stereocenters. The van der Waals surface area contributed by atoms with Crippen molar-refractivity contribution in [2.75, 3.05) is 86.7 Å². The summed E-state index contributed by atoms with van der Waals surface area (Å²) in [7, 11) is -1.11. The number of aryl methyl sites for hydroxylation is 1. The van der Waals surface area contributed by atoms with E-state index in [0.717, 1.165) is 82.1 Å². The van der Waals surface area contributed by atoms with Gasteiger partial charge in [0.2, 0.25) is 17.8 Å². The molecule has 1 atom stereocenters. The number of aromatic nitrogens is 4. The summed E-state index contributed by atoms with van der Waals surface area (Å²) in [5.74, 6) is 0.300. The van der Waals surface area contributed by atoms with Gasteiger partial charge in [0.05, 0.1) is 39.7 Å². The summed E-state index contributed by atoms with van der Waals surface area (Å²) >= 11 is 3.59. The molecule has 0 bridgehead atoms. The van der Waals surface area contributed by atoms with E-state index in [2.05, 4.69) is 86.3 Å². The molecule has 3 saturated heterocycles. The fourth-order valence-electron chi connectivity index (χ4n) is 8.78. The van der Waals surface area contributed by atoms with Crippen molar-refractivity contribution in [3.63, 3.8) is 0 Å². The Labute approximate surface area is 375 Å². The molecule has 0 saturated carbocycles. The first-order chi connectivity index (χ1) is 30.4. The number of hydrogen-bond acceptors (Lipinski definition) is 14. The van der Waals surface area contributed by atoms with Crippen LogP contribution < -0.4 is 46.4 Å². The van der Waals surface area contributed by atoms with Crippen LogP contribution >= 0.6 is 23.1 Å². The van der Waals surface area contributed by atoms with Gasteiger partial charge >= 0.3 is 0 Å². The van der Waals surface area contributed by atoms with E-state index in [1.165, 1.54) is 11.6 Å². The van der Waals surface area contributed by atoms with E-state index in [-0.39, 0.29) is 12.3 Å². The van der Waals surface area contributed by atoms with Crippen molar-refractivity contribution >= 4 is 85.7 Å². The van der Waals surface area contributed by atoms with Gasteiger partial charge in [-0.3, -0.25) is 24.9 Å². The van der Waals surface area contributed by atoms with Crippen LogP contribution in [-0.4, -0.2) is 104 Å². The molecule has 2 aromatic heterocycles. The number of carbonyl (C=O) groups is 2. The molecule has 5 heterocycles. The van der Waals surface area contributed by atoms with Crippen molar-refractivity contribution in [2.45, 2.75) is 51.0 Å². The molecule has 18 heteroatoms. The molecule has 5 aromatic rings. The second-order valence-electron chi connectivity index (χ2n) is 16.8. The van der Waals surface area contributed by atoms with Gasteiger partial charge in [-0.05, 0) is 90.8 Å². The van der Waals surface area contributed by atoms with Gasteiger partial charge in [-0.15, -0.1) is 0 Å². The third-order valence-corrected chi connectivity index (χ3v) is 14.2. The Kier molecular flexibility index (Phi) is 13.6. The zero-order valence-corrected chi connectivity index (χ0v) is 38.5. The number of methoxy groups -OCH3 is 1. The van der Waals surface area contributed by atoms with Gasteiger partial charge in [0, 0.05) is 106 Å². The number of halogens is 2. The highest BCUT2D eigenvalue weighted by Crippen LogP contribution is 2.42.